The van der Waals surface area contributed by atoms with Crippen LogP contribution in [0.5, 0.6) is 0 Å². The summed E-state index contributed by atoms with van der Waals surface area (Å²) in [5.74, 6) is -0.670. The van der Waals surface area contributed by atoms with Crippen molar-refractivity contribution in [3.05, 3.63) is 99.7 Å². The van der Waals surface area contributed by atoms with Gasteiger partial charge in [-0.1, -0.05) is 41.9 Å². The smallest absolute Gasteiger partial charge is 0.257 e. The van der Waals surface area contributed by atoms with Crippen LogP contribution in [0.3, 0.4) is 0 Å². The molecule has 2 heterocycles. The second-order valence-electron chi connectivity index (χ2n) is 6.50. The first-order valence-electron chi connectivity index (χ1n) is 8.84. The van der Waals surface area contributed by atoms with Crippen LogP contribution in [0.4, 0.5) is 15.8 Å². The fourth-order valence-corrected chi connectivity index (χ4v) is 4.47. The maximum absolute atomic E-state index is 13.9. The number of benzene rings is 3. The van der Waals surface area contributed by atoms with Gasteiger partial charge in [-0.2, -0.15) is 5.10 Å². The Kier molecular flexibility index (Phi) is 4.38. The highest BCUT2D eigenvalue weighted by Gasteiger charge is 2.35. The Balaban J connectivity index is 1.70. The highest BCUT2D eigenvalue weighted by molar-refractivity contribution is 8.06. The lowest BCUT2D eigenvalue weighted by Crippen LogP contribution is -2.09. The minimum Gasteiger partial charge on any atom is -0.321 e. The molecule has 7 heteroatoms. The summed E-state index contributed by atoms with van der Waals surface area (Å²) in [6.45, 7) is 0. The first-order valence-corrected chi connectivity index (χ1v) is 9.99. The number of allylic oxidation sites excluding steroid dienone is 1. The molecule has 0 saturated heterocycles. The number of hydrazone groups is 1. The third-order valence-electron chi connectivity index (χ3n) is 4.63. The largest absolute Gasteiger partial charge is 0.321 e. The van der Waals surface area contributed by atoms with Crippen LogP contribution in [0, 0.1) is 5.82 Å². The number of hydrogen-bond acceptors (Lipinski definition) is 4. The molecule has 3 aromatic rings. The van der Waals surface area contributed by atoms with Crippen LogP contribution >= 0.6 is 23.5 Å². The van der Waals surface area contributed by atoms with Crippen LogP contribution in [0.2, 0.25) is 5.02 Å². The summed E-state index contributed by atoms with van der Waals surface area (Å²) < 4.78 is 15.7. The van der Waals surface area contributed by atoms with Gasteiger partial charge >= 0.3 is 0 Å². The lowest BCUT2D eigenvalue weighted by molar-refractivity contribution is -0.110. The van der Waals surface area contributed by atoms with E-state index in [0.717, 1.165) is 11.3 Å². The lowest BCUT2D eigenvalue weighted by atomic mass is 10.0. The molecule has 1 N–H and O–H groups in total. The Morgan fingerprint density at radius 1 is 1.00 bits per heavy atom. The summed E-state index contributed by atoms with van der Waals surface area (Å²) >= 11 is 7.37. The second-order valence-corrected chi connectivity index (χ2v) is 7.88. The highest BCUT2D eigenvalue weighted by atomic mass is 35.5. The van der Waals surface area contributed by atoms with Crippen LogP contribution in [0.25, 0.3) is 5.57 Å². The summed E-state index contributed by atoms with van der Waals surface area (Å²) in [6, 6.07) is 21.2. The fourth-order valence-electron chi connectivity index (χ4n) is 3.28. The predicted molar refractivity (Wildman–Crippen MR) is 116 cm³/mol. The van der Waals surface area contributed by atoms with E-state index in [-0.39, 0.29) is 5.91 Å². The Labute approximate surface area is 175 Å². The standard InChI is InChI=1S/C22H13ClFN3OS/c23-14-8-6-13(7-9-14)20-21(29-27(26-20)16-4-2-1-3-5-16)19-17-12-15(24)10-11-18(17)25-22(19)28/h1-12H,(H,25,28)/b21-19-. The minimum absolute atomic E-state index is 0.273. The van der Waals surface area contributed by atoms with Crippen molar-refractivity contribution < 1.29 is 9.18 Å². The molecule has 5 rings (SSSR count). The van der Waals surface area contributed by atoms with Gasteiger partial charge in [0.1, 0.15) is 11.5 Å². The molecule has 3 aromatic carbocycles. The average Bonchev–Trinajstić information content (AvgIpc) is 3.29. The van der Waals surface area contributed by atoms with E-state index in [1.54, 1.807) is 22.6 Å². The maximum Gasteiger partial charge on any atom is 0.257 e. The molecule has 29 heavy (non-hydrogen) atoms. The number of anilines is 2. The van der Waals surface area contributed by atoms with E-state index in [0.29, 0.717) is 32.5 Å². The summed E-state index contributed by atoms with van der Waals surface area (Å²) in [4.78, 5) is 13.5. The number of halogens is 2. The van der Waals surface area contributed by atoms with Gasteiger partial charge in [0.15, 0.2) is 0 Å². The van der Waals surface area contributed by atoms with Crippen LogP contribution in [0.1, 0.15) is 11.1 Å². The third-order valence-corrected chi connectivity index (χ3v) is 5.93. The van der Waals surface area contributed by atoms with Crippen molar-refractivity contribution in [2.24, 2.45) is 5.10 Å². The number of carbonyl (C=O) groups excluding carboxylic acids is 1. The molecule has 0 aromatic heterocycles. The molecular formula is C22H13ClFN3OS. The molecule has 0 saturated carbocycles. The minimum atomic E-state index is -0.397. The van der Waals surface area contributed by atoms with Gasteiger partial charge in [0, 0.05) is 33.8 Å². The topological polar surface area (TPSA) is 44.7 Å². The molecule has 2 aliphatic rings. The molecule has 0 bridgehead atoms. The van der Waals surface area contributed by atoms with Gasteiger partial charge in [-0.25, -0.2) is 8.80 Å². The van der Waals surface area contributed by atoms with Gasteiger partial charge in [0.25, 0.3) is 5.91 Å². The number of rotatable bonds is 2. The lowest BCUT2D eigenvalue weighted by Gasteiger charge is -2.11. The van der Waals surface area contributed by atoms with Gasteiger partial charge < -0.3 is 5.32 Å². The van der Waals surface area contributed by atoms with E-state index in [2.05, 4.69) is 5.32 Å². The molecule has 1 amide bonds. The summed E-state index contributed by atoms with van der Waals surface area (Å²) in [5, 5.41) is 8.18. The first-order chi connectivity index (χ1) is 14.1. The van der Waals surface area contributed by atoms with Gasteiger partial charge in [-0.05, 0) is 42.5 Å². The van der Waals surface area contributed by atoms with E-state index < -0.39 is 5.82 Å². The summed E-state index contributed by atoms with van der Waals surface area (Å²) in [5.41, 5.74) is 3.87. The molecule has 0 radical (unpaired) electrons. The molecule has 0 unspecified atom stereocenters. The van der Waals surface area contributed by atoms with Crippen molar-refractivity contribution in [3.8, 4) is 0 Å². The zero-order valence-corrected chi connectivity index (χ0v) is 16.5. The van der Waals surface area contributed by atoms with Crippen molar-refractivity contribution in [1.82, 2.24) is 0 Å². The number of amides is 1. The first kappa shape index (κ1) is 18.0. The Hall–Kier alpha value is -3.09. The number of nitrogens with one attached hydrogen (secondary N) is 1. The number of fused-ring (bicyclic) bond motifs is 1. The van der Waals surface area contributed by atoms with Crippen LogP contribution in [0.15, 0.2) is 82.8 Å². The molecule has 0 spiro atoms. The van der Waals surface area contributed by atoms with Crippen molar-refractivity contribution in [1.29, 1.82) is 0 Å². The summed E-state index contributed by atoms with van der Waals surface area (Å²) in [7, 11) is 0. The van der Waals surface area contributed by atoms with Crippen LogP contribution in [-0.4, -0.2) is 11.6 Å². The zero-order valence-electron chi connectivity index (χ0n) is 14.9. The highest BCUT2D eigenvalue weighted by Crippen LogP contribution is 2.44. The average molecular weight is 422 g/mol. The van der Waals surface area contributed by atoms with E-state index in [1.165, 1.54) is 24.1 Å². The quantitative estimate of drug-likeness (QED) is 0.425. The van der Waals surface area contributed by atoms with Gasteiger partial charge in [-0.15, -0.1) is 0 Å². The van der Waals surface area contributed by atoms with Crippen molar-refractivity contribution in [3.63, 3.8) is 0 Å². The Morgan fingerprint density at radius 2 is 1.76 bits per heavy atom. The van der Waals surface area contributed by atoms with Gasteiger partial charge in [-0.3, -0.25) is 4.79 Å². The monoisotopic (exact) mass is 421 g/mol. The van der Waals surface area contributed by atoms with E-state index in [1.807, 2.05) is 42.5 Å². The number of para-hydroxylation sites is 1. The molecule has 0 aliphatic carbocycles. The van der Waals surface area contributed by atoms with E-state index in [4.69, 9.17) is 16.7 Å². The molecule has 0 atom stereocenters. The van der Waals surface area contributed by atoms with Crippen molar-refractivity contribution in [2.45, 2.75) is 0 Å². The number of carbonyl (C=O) groups is 1. The Bertz CT molecular complexity index is 1190. The molecule has 4 nitrogen and oxygen atoms in total. The van der Waals surface area contributed by atoms with Gasteiger partial charge in [0.2, 0.25) is 0 Å². The van der Waals surface area contributed by atoms with Crippen molar-refractivity contribution >= 4 is 52.1 Å². The van der Waals surface area contributed by atoms with Crippen molar-refractivity contribution in [2.75, 3.05) is 9.73 Å². The van der Waals surface area contributed by atoms with E-state index >= 15 is 0 Å². The molecule has 2 aliphatic heterocycles. The second kappa shape index (κ2) is 7.06. The SMILES string of the molecule is O=C1Nc2ccc(F)cc2/C1=C1/SN(c2ccccc2)N=C1c1ccc(Cl)cc1. The molecule has 142 valence electrons. The van der Waals surface area contributed by atoms with Crippen LogP contribution in [-0.2, 0) is 4.79 Å². The Morgan fingerprint density at radius 3 is 2.52 bits per heavy atom. The predicted octanol–water partition coefficient (Wildman–Crippen LogP) is 5.72. The number of hydrogen-bond donors (Lipinski definition) is 1. The third kappa shape index (κ3) is 3.20. The van der Waals surface area contributed by atoms with Gasteiger partial charge in [0.05, 0.1) is 16.2 Å². The zero-order chi connectivity index (χ0) is 20.0. The normalized spacial score (nSPS) is 17.9. The maximum atomic E-state index is 13.9. The fraction of sp³-hybridized carbons (Fsp3) is 0. The van der Waals surface area contributed by atoms with E-state index in [9.17, 15) is 9.18 Å². The summed E-state index contributed by atoms with van der Waals surface area (Å²) in [6.07, 6.45) is 0. The number of nitrogens with zero attached hydrogens (tertiary/aromatic N) is 2. The van der Waals surface area contributed by atoms with Crippen LogP contribution < -0.4 is 9.73 Å². The molecular weight excluding hydrogens is 409 g/mol. The molecule has 0 fully saturated rings.